The van der Waals surface area contributed by atoms with Crippen LogP contribution in [0, 0.1) is 0 Å². The fourth-order valence-corrected chi connectivity index (χ4v) is 5.50. The third-order valence-corrected chi connectivity index (χ3v) is 7.89. The molecule has 240 valence electrons. The Bertz CT molecular complexity index is 1620. The lowest BCUT2D eigenvalue weighted by atomic mass is 9.82. The maximum Gasteiger partial charge on any atom is 0.252 e. The summed E-state index contributed by atoms with van der Waals surface area (Å²) in [4.78, 5) is 19.6. The number of aliphatic hydroxyl groups excluding tert-OH is 1. The molecule has 1 heterocycles. The Balaban J connectivity index is 1.49. The summed E-state index contributed by atoms with van der Waals surface area (Å²) >= 11 is 0. The van der Waals surface area contributed by atoms with Gasteiger partial charge in [0.2, 0.25) is 5.90 Å². The maximum atomic E-state index is 14.5. The summed E-state index contributed by atoms with van der Waals surface area (Å²) in [5.74, 6) is 2.72. The van der Waals surface area contributed by atoms with Gasteiger partial charge >= 0.3 is 0 Å². The summed E-state index contributed by atoms with van der Waals surface area (Å²) in [6.45, 7) is 0.851. The number of aliphatic imine (C=N–C) groups is 1. The first kappa shape index (κ1) is 32.4. The van der Waals surface area contributed by atoms with Crippen LogP contribution in [0.1, 0.15) is 34.8 Å². The Labute approximate surface area is 269 Å². The van der Waals surface area contributed by atoms with Gasteiger partial charge in [0.25, 0.3) is 5.91 Å². The molecule has 0 aromatic heterocycles. The van der Waals surface area contributed by atoms with E-state index in [1.165, 1.54) is 0 Å². The van der Waals surface area contributed by atoms with E-state index in [-0.39, 0.29) is 12.5 Å². The zero-order valence-electron chi connectivity index (χ0n) is 26.4. The van der Waals surface area contributed by atoms with Crippen molar-refractivity contribution >= 4 is 11.8 Å². The number of nitrogens with one attached hydrogen (secondary N) is 1. The number of nitrogens with zero attached hydrogens (tertiary/aromatic N) is 1. The first-order valence-corrected chi connectivity index (χ1v) is 15.3. The molecule has 46 heavy (non-hydrogen) atoms. The minimum Gasteiger partial charge on any atom is -0.497 e. The van der Waals surface area contributed by atoms with Gasteiger partial charge in [-0.2, -0.15) is 0 Å². The van der Waals surface area contributed by atoms with Crippen molar-refractivity contribution in [1.29, 1.82) is 0 Å². The number of carbonyl (C=O) groups is 1. The number of rotatable bonds is 15. The number of methoxy groups -OCH3 is 3. The zero-order chi connectivity index (χ0) is 32.4. The second-order valence-corrected chi connectivity index (χ2v) is 10.9. The second-order valence-electron chi connectivity index (χ2n) is 10.9. The Morgan fingerprint density at radius 1 is 0.848 bits per heavy atom. The van der Waals surface area contributed by atoms with Crippen LogP contribution in [-0.2, 0) is 22.4 Å². The molecule has 0 saturated heterocycles. The first-order chi connectivity index (χ1) is 22.5. The van der Waals surface area contributed by atoms with Crippen LogP contribution in [0.15, 0.2) is 102 Å². The molecule has 9 nitrogen and oxygen atoms in total. The van der Waals surface area contributed by atoms with Crippen molar-refractivity contribution in [3.05, 3.63) is 119 Å². The van der Waals surface area contributed by atoms with Crippen LogP contribution < -0.4 is 24.3 Å². The molecule has 0 aliphatic carbocycles. The molecule has 0 spiro atoms. The molecule has 1 amide bonds. The Morgan fingerprint density at radius 3 is 2.35 bits per heavy atom. The molecule has 0 fully saturated rings. The van der Waals surface area contributed by atoms with Crippen LogP contribution in [0.2, 0.25) is 0 Å². The highest BCUT2D eigenvalue weighted by Crippen LogP contribution is 2.43. The van der Waals surface area contributed by atoms with Gasteiger partial charge in [-0.1, -0.05) is 48.5 Å². The van der Waals surface area contributed by atoms with E-state index in [0.29, 0.717) is 61.3 Å². The van der Waals surface area contributed by atoms with Crippen molar-refractivity contribution in [1.82, 2.24) is 5.32 Å². The van der Waals surface area contributed by atoms with Gasteiger partial charge < -0.3 is 34.1 Å². The number of aliphatic hydroxyl groups is 1. The SMILES string of the molecule is COc1cccc([C@H]2OC(c3ccc(OCCCO)cc3)=N[C@@]2(Cc2ccccc2)C(=O)NCCc2ccc(OC)c(OC)c2)c1. The molecule has 0 saturated carbocycles. The highest BCUT2D eigenvalue weighted by atomic mass is 16.5. The highest BCUT2D eigenvalue weighted by molar-refractivity contribution is 6.01. The van der Waals surface area contributed by atoms with E-state index in [1.54, 1.807) is 21.3 Å². The molecular formula is C37H40N2O7. The largest absolute Gasteiger partial charge is 0.497 e. The Kier molecular flexibility index (Phi) is 10.8. The average Bonchev–Trinajstić information content (AvgIpc) is 3.49. The summed E-state index contributed by atoms with van der Waals surface area (Å²) < 4.78 is 28.7. The Morgan fingerprint density at radius 2 is 1.63 bits per heavy atom. The fraction of sp³-hybridized carbons (Fsp3) is 0.297. The van der Waals surface area contributed by atoms with Gasteiger partial charge in [0, 0.05) is 31.6 Å². The molecule has 1 aliphatic rings. The normalized spacial score (nSPS) is 17.0. The molecule has 5 rings (SSSR count). The summed E-state index contributed by atoms with van der Waals surface area (Å²) in [6, 6.07) is 30.5. The van der Waals surface area contributed by atoms with E-state index in [9.17, 15) is 4.79 Å². The van der Waals surface area contributed by atoms with Crippen molar-refractivity contribution in [2.75, 3.05) is 41.1 Å². The van der Waals surface area contributed by atoms with Gasteiger partial charge in [0.05, 0.1) is 27.9 Å². The lowest BCUT2D eigenvalue weighted by molar-refractivity contribution is -0.128. The lowest BCUT2D eigenvalue weighted by Gasteiger charge is -2.31. The molecule has 0 bridgehead atoms. The van der Waals surface area contributed by atoms with Gasteiger partial charge in [0.1, 0.15) is 11.5 Å². The van der Waals surface area contributed by atoms with Crippen molar-refractivity contribution in [3.8, 4) is 23.0 Å². The van der Waals surface area contributed by atoms with Crippen LogP contribution in [0.4, 0.5) is 0 Å². The van der Waals surface area contributed by atoms with Crippen molar-refractivity contribution < 1.29 is 33.6 Å². The van der Waals surface area contributed by atoms with Gasteiger partial charge in [-0.3, -0.25) is 4.79 Å². The fourth-order valence-electron chi connectivity index (χ4n) is 5.50. The quantitative estimate of drug-likeness (QED) is 0.172. The lowest BCUT2D eigenvalue weighted by Crippen LogP contribution is -2.50. The second kappa shape index (κ2) is 15.3. The molecule has 4 aromatic rings. The number of hydrogen-bond donors (Lipinski definition) is 2. The summed E-state index contributed by atoms with van der Waals surface area (Å²) in [6.07, 6.45) is 0.693. The van der Waals surface area contributed by atoms with Crippen molar-refractivity contribution in [2.24, 2.45) is 4.99 Å². The number of benzene rings is 4. The van der Waals surface area contributed by atoms with Crippen LogP contribution in [-0.4, -0.2) is 63.5 Å². The van der Waals surface area contributed by atoms with E-state index in [4.69, 9.17) is 33.8 Å². The molecule has 2 atom stereocenters. The van der Waals surface area contributed by atoms with E-state index in [2.05, 4.69) is 5.32 Å². The molecule has 0 unspecified atom stereocenters. The van der Waals surface area contributed by atoms with Gasteiger partial charge in [-0.25, -0.2) is 4.99 Å². The van der Waals surface area contributed by atoms with Gasteiger partial charge in [-0.15, -0.1) is 0 Å². The Hall–Kier alpha value is -5.02. The minimum absolute atomic E-state index is 0.0637. The van der Waals surface area contributed by atoms with Crippen LogP contribution in [0.25, 0.3) is 0 Å². The topological polar surface area (TPSA) is 108 Å². The smallest absolute Gasteiger partial charge is 0.252 e. The minimum atomic E-state index is -1.32. The van der Waals surface area contributed by atoms with Crippen molar-refractivity contribution in [2.45, 2.75) is 30.9 Å². The van der Waals surface area contributed by atoms with E-state index >= 15 is 0 Å². The van der Waals surface area contributed by atoms with Crippen LogP contribution >= 0.6 is 0 Å². The van der Waals surface area contributed by atoms with E-state index in [0.717, 1.165) is 22.3 Å². The summed E-state index contributed by atoms with van der Waals surface area (Å²) in [5.41, 5.74) is 2.11. The monoisotopic (exact) mass is 624 g/mol. The number of hydrogen-bond acceptors (Lipinski definition) is 8. The van der Waals surface area contributed by atoms with Crippen molar-refractivity contribution in [3.63, 3.8) is 0 Å². The summed E-state index contributed by atoms with van der Waals surface area (Å²) in [7, 11) is 4.81. The standard InChI is InChI=1S/C37H40N2O7/c1-42-31-12-7-11-29(24-31)34-37(25-27-9-5-4-6-10-27,36(41)38-20-19-26-13-18-32(43-2)33(23-26)44-3)39-35(46-34)28-14-16-30(17-15-28)45-22-8-21-40/h4-7,9-18,23-24,34,40H,8,19-22,25H2,1-3H3,(H,38,41)/t34-,37-/m1/s1. The molecular weight excluding hydrogens is 584 g/mol. The molecule has 1 aliphatic heterocycles. The van der Waals surface area contributed by atoms with E-state index in [1.807, 2.05) is 97.1 Å². The third-order valence-electron chi connectivity index (χ3n) is 7.89. The van der Waals surface area contributed by atoms with Gasteiger partial charge in [-0.05, 0) is 71.6 Å². The number of amides is 1. The molecule has 2 N–H and O–H groups in total. The number of carbonyl (C=O) groups excluding carboxylic acids is 1. The molecule has 9 heteroatoms. The predicted octanol–water partition coefficient (Wildman–Crippen LogP) is 5.33. The predicted molar refractivity (Wildman–Crippen MR) is 176 cm³/mol. The maximum absolute atomic E-state index is 14.5. The van der Waals surface area contributed by atoms with E-state index < -0.39 is 11.6 Å². The molecule has 4 aromatic carbocycles. The number of ether oxygens (including phenoxy) is 5. The zero-order valence-corrected chi connectivity index (χ0v) is 26.4. The third kappa shape index (κ3) is 7.43. The molecule has 0 radical (unpaired) electrons. The van der Waals surface area contributed by atoms with Gasteiger partial charge in [0.15, 0.2) is 23.1 Å². The van der Waals surface area contributed by atoms with Crippen LogP contribution in [0.5, 0.6) is 23.0 Å². The average molecular weight is 625 g/mol. The first-order valence-electron chi connectivity index (χ1n) is 15.3. The summed E-state index contributed by atoms with van der Waals surface area (Å²) in [5, 5.41) is 12.2. The van der Waals surface area contributed by atoms with Crippen LogP contribution in [0.3, 0.4) is 0 Å². The highest BCUT2D eigenvalue weighted by Gasteiger charge is 2.53.